The van der Waals surface area contributed by atoms with Gasteiger partial charge in [-0.15, -0.1) is 0 Å². The Labute approximate surface area is 193 Å². The summed E-state index contributed by atoms with van der Waals surface area (Å²) in [5.74, 6) is -0.559. The minimum absolute atomic E-state index is 0.000595. The molecule has 31 heavy (non-hydrogen) atoms. The number of halogens is 2. The van der Waals surface area contributed by atoms with Crippen LogP contribution >= 0.6 is 23.2 Å². The molecule has 0 radical (unpaired) electrons. The van der Waals surface area contributed by atoms with Gasteiger partial charge in [0.2, 0.25) is 15.9 Å². The van der Waals surface area contributed by atoms with Crippen LogP contribution in [0.3, 0.4) is 0 Å². The molecule has 2 aromatic rings. The summed E-state index contributed by atoms with van der Waals surface area (Å²) in [5, 5.41) is 3.91. The first-order valence-electron chi connectivity index (χ1n) is 10.6. The molecule has 1 amide bonds. The van der Waals surface area contributed by atoms with Gasteiger partial charge in [-0.3, -0.25) is 4.79 Å². The lowest BCUT2D eigenvalue weighted by molar-refractivity contribution is -0.127. The predicted octanol–water partition coefficient (Wildman–Crippen LogP) is 4.73. The number of amides is 1. The smallest absolute Gasteiger partial charge is 0.224 e. The van der Waals surface area contributed by atoms with Gasteiger partial charge in [0.05, 0.1) is 27.8 Å². The molecular formula is C23H26Cl2N2O3S. The number of fused-ring (bicyclic) bond motifs is 1. The lowest BCUT2D eigenvalue weighted by atomic mass is 9.87. The summed E-state index contributed by atoms with van der Waals surface area (Å²) in [6.45, 7) is 0.642. The van der Waals surface area contributed by atoms with Crippen molar-refractivity contribution in [1.82, 2.24) is 9.62 Å². The van der Waals surface area contributed by atoms with E-state index in [0.717, 1.165) is 19.3 Å². The Morgan fingerprint density at radius 1 is 1.06 bits per heavy atom. The fourth-order valence-electron chi connectivity index (χ4n) is 4.53. The van der Waals surface area contributed by atoms with Crippen molar-refractivity contribution in [3.63, 3.8) is 0 Å². The van der Waals surface area contributed by atoms with E-state index in [1.165, 1.54) is 15.4 Å². The van der Waals surface area contributed by atoms with E-state index in [2.05, 4.69) is 17.4 Å². The molecule has 2 aromatic carbocycles. The Balaban J connectivity index is 1.42. The van der Waals surface area contributed by atoms with Gasteiger partial charge in [-0.2, -0.15) is 0 Å². The number of aryl methyl sites for hydroxylation is 1. The second kappa shape index (κ2) is 9.49. The maximum Gasteiger partial charge on any atom is 0.224 e. The van der Waals surface area contributed by atoms with Crippen molar-refractivity contribution in [2.75, 3.05) is 13.1 Å². The van der Waals surface area contributed by atoms with Gasteiger partial charge in [0.25, 0.3) is 0 Å². The van der Waals surface area contributed by atoms with Crippen molar-refractivity contribution in [1.29, 1.82) is 0 Å². The third-order valence-corrected chi connectivity index (χ3v) is 8.72. The van der Waals surface area contributed by atoms with Crippen LogP contribution < -0.4 is 5.32 Å². The van der Waals surface area contributed by atoms with Gasteiger partial charge in [-0.1, -0.05) is 53.5 Å². The van der Waals surface area contributed by atoms with E-state index in [1.54, 1.807) is 18.2 Å². The molecule has 1 aliphatic heterocycles. The maximum absolute atomic E-state index is 13.0. The van der Waals surface area contributed by atoms with Crippen molar-refractivity contribution < 1.29 is 13.2 Å². The fraction of sp³-hybridized carbons (Fsp3) is 0.435. The number of hydrogen-bond donors (Lipinski definition) is 1. The van der Waals surface area contributed by atoms with Gasteiger partial charge >= 0.3 is 0 Å². The predicted molar refractivity (Wildman–Crippen MR) is 124 cm³/mol. The molecule has 0 aromatic heterocycles. The van der Waals surface area contributed by atoms with Crippen LogP contribution in [0, 0.1) is 5.92 Å². The van der Waals surface area contributed by atoms with E-state index < -0.39 is 10.0 Å². The number of rotatable bonds is 5. The van der Waals surface area contributed by atoms with Crippen LogP contribution in [0.1, 0.15) is 48.4 Å². The molecule has 0 unspecified atom stereocenters. The zero-order valence-corrected chi connectivity index (χ0v) is 19.5. The first-order valence-corrected chi connectivity index (χ1v) is 13.0. The van der Waals surface area contributed by atoms with Crippen molar-refractivity contribution in [3.05, 3.63) is 69.2 Å². The molecule has 0 saturated carbocycles. The second-order valence-corrected chi connectivity index (χ2v) is 11.1. The van der Waals surface area contributed by atoms with E-state index in [4.69, 9.17) is 23.2 Å². The largest absolute Gasteiger partial charge is 0.349 e. The molecule has 1 fully saturated rings. The lowest BCUT2D eigenvalue weighted by Crippen LogP contribution is -2.46. The van der Waals surface area contributed by atoms with E-state index in [-0.39, 0.29) is 30.2 Å². The Morgan fingerprint density at radius 2 is 1.87 bits per heavy atom. The Hall–Kier alpha value is -1.60. The highest BCUT2D eigenvalue weighted by Gasteiger charge is 2.33. The van der Waals surface area contributed by atoms with Crippen molar-refractivity contribution in [3.8, 4) is 0 Å². The number of hydrogen-bond acceptors (Lipinski definition) is 3. The third kappa shape index (κ3) is 5.25. The summed E-state index contributed by atoms with van der Waals surface area (Å²) < 4.78 is 27.4. The molecule has 8 heteroatoms. The third-order valence-electron chi connectivity index (χ3n) is 6.17. The maximum atomic E-state index is 13.0. The average molecular weight is 481 g/mol. The minimum atomic E-state index is -3.56. The molecule has 2 aliphatic rings. The number of benzene rings is 2. The zero-order valence-electron chi connectivity index (χ0n) is 17.2. The van der Waals surface area contributed by atoms with Crippen molar-refractivity contribution in [2.24, 2.45) is 5.92 Å². The molecule has 2 atom stereocenters. The molecule has 1 N–H and O–H groups in total. The summed E-state index contributed by atoms with van der Waals surface area (Å²) in [6.07, 6.45) is 4.34. The van der Waals surface area contributed by atoms with Gasteiger partial charge in [0.1, 0.15) is 0 Å². The Morgan fingerprint density at radius 3 is 2.68 bits per heavy atom. The Bertz CT molecular complexity index is 1070. The molecule has 1 saturated heterocycles. The molecule has 0 spiro atoms. The van der Waals surface area contributed by atoms with Crippen LogP contribution in [-0.4, -0.2) is 31.7 Å². The molecule has 166 valence electrons. The highest BCUT2D eigenvalue weighted by Crippen LogP contribution is 2.31. The highest BCUT2D eigenvalue weighted by atomic mass is 35.5. The van der Waals surface area contributed by atoms with E-state index in [0.29, 0.717) is 35.0 Å². The number of carbonyl (C=O) groups excluding carboxylic acids is 1. The first kappa shape index (κ1) is 22.6. The summed E-state index contributed by atoms with van der Waals surface area (Å²) >= 11 is 12.0. The van der Waals surface area contributed by atoms with Crippen LogP contribution in [-0.2, 0) is 27.0 Å². The van der Waals surface area contributed by atoms with Crippen LogP contribution in [0.15, 0.2) is 42.5 Å². The number of nitrogens with zero attached hydrogens (tertiary/aromatic N) is 1. The topological polar surface area (TPSA) is 66.5 Å². The van der Waals surface area contributed by atoms with Gasteiger partial charge in [0, 0.05) is 13.1 Å². The van der Waals surface area contributed by atoms with E-state index in [1.807, 2.05) is 12.1 Å². The molecule has 5 nitrogen and oxygen atoms in total. The molecule has 1 heterocycles. The number of sulfonamides is 1. The van der Waals surface area contributed by atoms with Gasteiger partial charge in [-0.05, 0) is 60.9 Å². The molecule has 0 bridgehead atoms. The van der Waals surface area contributed by atoms with Crippen molar-refractivity contribution in [2.45, 2.75) is 43.9 Å². The van der Waals surface area contributed by atoms with Crippen LogP contribution in [0.5, 0.6) is 0 Å². The van der Waals surface area contributed by atoms with Gasteiger partial charge in [-0.25, -0.2) is 12.7 Å². The lowest BCUT2D eigenvalue weighted by Gasteiger charge is -2.33. The SMILES string of the molecule is O=C(N[C@@H]1CCCc2ccccc21)[C@H]1CCCN(S(=O)(=O)Cc2ccc(Cl)c(Cl)c2)C1. The molecule has 1 aliphatic carbocycles. The fourth-order valence-corrected chi connectivity index (χ4v) is 6.45. The number of carbonyl (C=O) groups is 1. The summed E-state index contributed by atoms with van der Waals surface area (Å²) in [7, 11) is -3.56. The summed E-state index contributed by atoms with van der Waals surface area (Å²) in [5.41, 5.74) is 3.05. The number of nitrogens with one attached hydrogen (secondary N) is 1. The zero-order chi connectivity index (χ0) is 22.0. The van der Waals surface area contributed by atoms with Gasteiger partial charge in [0.15, 0.2) is 0 Å². The van der Waals surface area contributed by atoms with Crippen LogP contribution in [0.4, 0.5) is 0 Å². The van der Waals surface area contributed by atoms with Crippen LogP contribution in [0.2, 0.25) is 10.0 Å². The second-order valence-electron chi connectivity index (χ2n) is 8.35. The quantitative estimate of drug-likeness (QED) is 0.672. The van der Waals surface area contributed by atoms with E-state index >= 15 is 0 Å². The highest BCUT2D eigenvalue weighted by molar-refractivity contribution is 7.88. The van der Waals surface area contributed by atoms with E-state index in [9.17, 15) is 13.2 Å². The van der Waals surface area contributed by atoms with Crippen LogP contribution in [0.25, 0.3) is 0 Å². The van der Waals surface area contributed by atoms with Crippen molar-refractivity contribution >= 4 is 39.1 Å². The summed E-state index contributed by atoms with van der Waals surface area (Å²) in [6, 6.07) is 13.1. The number of piperidine rings is 1. The van der Waals surface area contributed by atoms with Gasteiger partial charge < -0.3 is 5.32 Å². The Kier molecular flexibility index (Phi) is 6.92. The average Bonchev–Trinajstić information content (AvgIpc) is 2.76. The first-order chi connectivity index (χ1) is 14.8. The monoisotopic (exact) mass is 480 g/mol. The summed E-state index contributed by atoms with van der Waals surface area (Å²) in [4.78, 5) is 13.0. The normalized spacial score (nSPS) is 22.0. The molecule has 4 rings (SSSR count). The standard InChI is InChI=1S/C23H26Cl2N2O3S/c24-20-11-10-16(13-21(20)25)15-31(29,30)27-12-4-7-18(14-27)23(28)26-22-9-3-6-17-5-1-2-8-19(17)22/h1-2,5,8,10-11,13,18,22H,3-4,6-7,9,12,14-15H2,(H,26,28)/t18-,22+/m0/s1. The minimum Gasteiger partial charge on any atom is -0.349 e. The molecular weight excluding hydrogens is 455 g/mol.